The molecule has 1 fully saturated rings. The molecule has 27 heavy (non-hydrogen) atoms. The van der Waals surface area contributed by atoms with Gasteiger partial charge in [0, 0.05) is 22.7 Å². The second-order valence-electron chi connectivity index (χ2n) is 6.39. The fraction of sp³-hybridized carbons (Fsp3) is 0.200. The monoisotopic (exact) mass is 378 g/mol. The summed E-state index contributed by atoms with van der Waals surface area (Å²) in [7, 11) is 0. The third-order valence-corrected chi connectivity index (χ3v) is 5.13. The molecule has 1 saturated carbocycles. The van der Waals surface area contributed by atoms with Gasteiger partial charge in [0.05, 0.1) is 5.75 Å². The van der Waals surface area contributed by atoms with Gasteiger partial charge in [0.2, 0.25) is 5.16 Å². The molecule has 1 heterocycles. The van der Waals surface area contributed by atoms with E-state index in [1.54, 1.807) is 36.4 Å². The zero-order valence-electron chi connectivity index (χ0n) is 14.5. The Hall–Kier alpha value is -2.93. The van der Waals surface area contributed by atoms with Crippen LogP contribution in [0.15, 0.2) is 59.8 Å². The first-order chi connectivity index (χ1) is 13.2. The van der Waals surface area contributed by atoms with E-state index in [0.717, 1.165) is 18.7 Å². The zero-order valence-corrected chi connectivity index (χ0v) is 15.3. The number of ketones is 1. The van der Waals surface area contributed by atoms with Crippen LogP contribution >= 0.6 is 11.8 Å². The van der Waals surface area contributed by atoms with Crippen molar-refractivity contribution in [2.75, 3.05) is 11.1 Å². The maximum atomic E-state index is 12.4. The Balaban J connectivity index is 1.32. The van der Waals surface area contributed by atoms with Crippen molar-refractivity contribution < 1.29 is 9.59 Å². The van der Waals surface area contributed by atoms with E-state index in [2.05, 4.69) is 20.5 Å². The van der Waals surface area contributed by atoms with Crippen LogP contribution in [-0.2, 0) is 0 Å². The summed E-state index contributed by atoms with van der Waals surface area (Å²) >= 11 is 1.33. The summed E-state index contributed by atoms with van der Waals surface area (Å²) in [6.07, 6.45) is 2.32. The van der Waals surface area contributed by atoms with Gasteiger partial charge in [-0.2, -0.15) is 0 Å². The smallest absolute Gasteiger partial charge is 0.255 e. The molecule has 1 aliphatic carbocycles. The molecule has 0 atom stereocenters. The first-order valence-electron chi connectivity index (χ1n) is 8.74. The Morgan fingerprint density at radius 2 is 1.78 bits per heavy atom. The van der Waals surface area contributed by atoms with Crippen LogP contribution in [-0.4, -0.2) is 32.6 Å². The minimum atomic E-state index is -0.179. The Bertz CT molecular complexity index is 950. The molecule has 136 valence electrons. The van der Waals surface area contributed by atoms with Crippen molar-refractivity contribution in [2.24, 2.45) is 0 Å². The average molecular weight is 378 g/mol. The fourth-order valence-electron chi connectivity index (χ4n) is 2.61. The number of thioether (sulfide) groups is 1. The molecule has 1 aromatic heterocycles. The van der Waals surface area contributed by atoms with Gasteiger partial charge < -0.3 is 5.32 Å². The summed E-state index contributed by atoms with van der Waals surface area (Å²) in [4.78, 5) is 28.9. The molecule has 0 saturated heterocycles. The molecule has 0 aliphatic heterocycles. The molecule has 2 N–H and O–H groups in total. The molecule has 2 aromatic carbocycles. The van der Waals surface area contributed by atoms with Gasteiger partial charge in [-0.3, -0.25) is 14.7 Å². The molecular formula is C20H18N4O2S. The van der Waals surface area contributed by atoms with Crippen LogP contribution in [0, 0.1) is 0 Å². The molecule has 1 amide bonds. The van der Waals surface area contributed by atoms with Crippen LogP contribution in [0.2, 0.25) is 0 Å². The lowest BCUT2D eigenvalue weighted by Gasteiger charge is -2.06. The van der Waals surface area contributed by atoms with E-state index < -0.39 is 0 Å². The summed E-state index contributed by atoms with van der Waals surface area (Å²) in [6.45, 7) is 0. The van der Waals surface area contributed by atoms with Crippen LogP contribution in [0.5, 0.6) is 0 Å². The van der Waals surface area contributed by atoms with E-state index >= 15 is 0 Å². The van der Waals surface area contributed by atoms with Gasteiger partial charge in [-0.15, -0.1) is 5.10 Å². The minimum Gasteiger partial charge on any atom is -0.322 e. The number of anilines is 1. The summed E-state index contributed by atoms with van der Waals surface area (Å²) < 4.78 is 0. The topological polar surface area (TPSA) is 87.7 Å². The maximum Gasteiger partial charge on any atom is 0.255 e. The summed E-state index contributed by atoms with van der Waals surface area (Å²) in [6, 6.07) is 15.9. The first kappa shape index (κ1) is 17.5. The second kappa shape index (κ2) is 7.75. The lowest BCUT2D eigenvalue weighted by Crippen LogP contribution is -2.11. The molecule has 6 nitrogen and oxygen atoms in total. The van der Waals surface area contributed by atoms with Crippen molar-refractivity contribution in [3.8, 4) is 0 Å². The Kier molecular flexibility index (Phi) is 5.02. The molecular weight excluding hydrogens is 360 g/mol. The summed E-state index contributed by atoms with van der Waals surface area (Å²) in [5.41, 5.74) is 1.83. The number of hydrogen-bond acceptors (Lipinski definition) is 5. The number of Topliss-reactive ketones (excluding diaryl/α,β-unsaturated/α-hetero) is 1. The Morgan fingerprint density at radius 3 is 2.48 bits per heavy atom. The summed E-state index contributed by atoms with van der Waals surface area (Å²) in [5, 5.41) is 10.5. The minimum absolute atomic E-state index is 0.00120. The molecule has 0 bridgehead atoms. The van der Waals surface area contributed by atoms with Crippen molar-refractivity contribution >= 4 is 29.1 Å². The van der Waals surface area contributed by atoms with E-state index in [0.29, 0.717) is 27.9 Å². The van der Waals surface area contributed by atoms with Gasteiger partial charge in [0.1, 0.15) is 5.82 Å². The van der Waals surface area contributed by atoms with Crippen LogP contribution in [0.1, 0.15) is 45.3 Å². The van der Waals surface area contributed by atoms with E-state index in [4.69, 9.17) is 0 Å². The van der Waals surface area contributed by atoms with Gasteiger partial charge in [-0.1, -0.05) is 30.0 Å². The molecule has 1 aliphatic rings. The number of rotatable bonds is 7. The predicted octanol–water partition coefficient (Wildman–Crippen LogP) is 3.91. The molecule has 0 spiro atoms. The number of nitrogens with zero attached hydrogens (tertiary/aromatic N) is 2. The molecule has 0 unspecified atom stereocenters. The SMILES string of the molecule is O=C(CSc1n[nH]c(C2CC2)n1)c1ccc(NC(=O)c2ccccc2)cc1. The lowest BCUT2D eigenvalue weighted by molar-refractivity contribution is 0.101. The number of carbonyl (C=O) groups is 2. The van der Waals surface area contributed by atoms with Gasteiger partial charge >= 0.3 is 0 Å². The van der Waals surface area contributed by atoms with E-state index in [-0.39, 0.29) is 17.4 Å². The number of hydrogen-bond donors (Lipinski definition) is 2. The highest BCUT2D eigenvalue weighted by molar-refractivity contribution is 7.99. The fourth-order valence-corrected chi connectivity index (χ4v) is 3.31. The van der Waals surface area contributed by atoms with Crippen LogP contribution in [0.3, 0.4) is 0 Å². The first-order valence-corrected chi connectivity index (χ1v) is 9.72. The summed E-state index contributed by atoms with van der Waals surface area (Å²) in [5.74, 6) is 1.53. The standard InChI is InChI=1S/C20H18N4O2S/c25-17(12-27-20-22-18(23-24-20)14-6-7-14)13-8-10-16(11-9-13)21-19(26)15-4-2-1-3-5-15/h1-5,8-11,14H,6-7,12H2,(H,21,26)(H,22,23,24). The number of H-pyrrole nitrogens is 1. The molecule has 3 aromatic rings. The Morgan fingerprint density at radius 1 is 1.04 bits per heavy atom. The number of benzene rings is 2. The van der Waals surface area contributed by atoms with Gasteiger partial charge in [0.25, 0.3) is 5.91 Å². The van der Waals surface area contributed by atoms with Gasteiger partial charge in [-0.25, -0.2) is 4.98 Å². The number of aromatic amines is 1. The number of carbonyl (C=O) groups excluding carboxylic acids is 2. The van der Waals surface area contributed by atoms with E-state index in [1.807, 2.05) is 18.2 Å². The van der Waals surface area contributed by atoms with Crippen LogP contribution in [0.25, 0.3) is 0 Å². The van der Waals surface area contributed by atoms with Crippen LogP contribution in [0.4, 0.5) is 5.69 Å². The Labute approximate surface area is 160 Å². The lowest BCUT2D eigenvalue weighted by atomic mass is 10.1. The number of amides is 1. The van der Waals surface area contributed by atoms with E-state index in [9.17, 15) is 9.59 Å². The zero-order chi connectivity index (χ0) is 18.6. The largest absolute Gasteiger partial charge is 0.322 e. The molecule has 7 heteroatoms. The quantitative estimate of drug-likeness (QED) is 0.481. The second-order valence-corrected chi connectivity index (χ2v) is 7.33. The maximum absolute atomic E-state index is 12.4. The van der Waals surface area contributed by atoms with E-state index in [1.165, 1.54) is 11.8 Å². The van der Waals surface area contributed by atoms with Crippen molar-refractivity contribution in [2.45, 2.75) is 23.9 Å². The highest BCUT2D eigenvalue weighted by Gasteiger charge is 2.27. The molecule has 4 rings (SSSR count). The highest BCUT2D eigenvalue weighted by Crippen LogP contribution is 2.38. The number of nitrogens with one attached hydrogen (secondary N) is 2. The third-order valence-electron chi connectivity index (χ3n) is 4.28. The van der Waals surface area contributed by atoms with Gasteiger partial charge in [0.15, 0.2) is 5.78 Å². The normalized spacial score (nSPS) is 13.3. The number of aromatic nitrogens is 3. The molecule has 0 radical (unpaired) electrons. The predicted molar refractivity (Wildman–Crippen MR) is 104 cm³/mol. The van der Waals surface area contributed by atoms with Crippen molar-refractivity contribution in [3.05, 3.63) is 71.5 Å². The van der Waals surface area contributed by atoms with Crippen molar-refractivity contribution in [3.63, 3.8) is 0 Å². The highest BCUT2D eigenvalue weighted by atomic mass is 32.2. The van der Waals surface area contributed by atoms with Gasteiger partial charge in [-0.05, 0) is 49.2 Å². The third kappa shape index (κ3) is 4.43. The average Bonchev–Trinajstić information content (AvgIpc) is 3.45. The van der Waals surface area contributed by atoms with Crippen LogP contribution < -0.4 is 5.32 Å². The van der Waals surface area contributed by atoms with Crippen molar-refractivity contribution in [1.82, 2.24) is 15.2 Å². The van der Waals surface area contributed by atoms with Crippen molar-refractivity contribution in [1.29, 1.82) is 0 Å².